The third-order valence-corrected chi connectivity index (χ3v) is 7.85. The summed E-state index contributed by atoms with van der Waals surface area (Å²) < 4.78 is 5.74. The number of anilines is 1. The van der Waals surface area contributed by atoms with Crippen LogP contribution in [0.4, 0.5) is 5.69 Å². The molecule has 2 aliphatic heterocycles. The molecule has 0 radical (unpaired) electrons. The number of amides is 1. The summed E-state index contributed by atoms with van der Waals surface area (Å²) in [6.45, 7) is 2.62. The van der Waals surface area contributed by atoms with E-state index in [1.54, 1.807) is 17.0 Å². The summed E-state index contributed by atoms with van der Waals surface area (Å²) in [4.78, 5) is 17.1. The second kappa shape index (κ2) is 10.1. The predicted octanol–water partition coefficient (Wildman–Crippen LogP) is 5.73. The maximum atomic E-state index is 13.2. The van der Waals surface area contributed by atoms with Gasteiger partial charge < -0.3 is 14.7 Å². The van der Waals surface area contributed by atoms with E-state index < -0.39 is 0 Å². The van der Waals surface area contributed by atoms with Crippen LogP contribution in [0.25, 0.3) is 0 Å². The van der Waals surface area contributed by atoms with Crippen molar-refractivity contribution in [3.05, 3.63) is 62.6 Å². The van der Waals surface area contributed by atoms with E-state index in [4.69, 9.17) is 4.74 Å². The van der Waals surface area contributed by atoms with E-state index >= 15 is 0 Å². The average Bonchev–Trinajstić information content (AvgIpc) is 2.84. The average molecular weight is 528 g/mol. The number of hydrogen-bond acceptors (Lipinski definition) is 6. The molecule has 1 N–H and O–H groups in total. The molecule has 0 aliphatic carbocycles. The van der Waals surface area contributed by atoms with Crippen molar-refractivity contribution in [3.63, 3.8) is 0 Å². The first-order valence-electron chi connectivity index (χ1n) is 10.9. The molecule has 0 aromatic heterocycles. The van der Waals surface area contributed by atoms with Gasteiger partial charge >= 0.3 is 0 Å². The minimum Gasteiger partial charge on any atom is -0.503 e. The Labute approximate surface area is 207 Å². The van der Waals surface area contributed by atoms with E-state index in [2.05, 4.69) is 58.1 Å². The Morgan fingerprint density at radius 2 is 2.06 bits per heavy atom. The van der Waals surface area contributed by atoms with E-state index in [1.165, 1.54) is 37.3 Å². The van der Waals surface area contributed by atoms with Crippen LogP contribution in [0.5, 0.6) is 11.5 Å². The number of aryl methyl sites for hydroxylation is 1. The molecule has 2 aromatic rings. The number of carbonyl (C=O) groups excluding carboxylic acids is 1. The number of carbonyl (C=O) groups is 1. The fourth-order valence-corrected chi connectivity index (χ4v) is 5.84. The topological polar surface area (TPSA) is 76.8 Å². The number of phenolic OH excluding ortho intramolecular Hbond substituents is 1. The summed E-state index contributed by atoms with van der Waals surface area (Å²) >= 11 is 4.86. The molecule has 1 amide bonds. The Kier molecular flexibility index (Phi) is 7.20. The van der Waals surface area contributed by atoms with Gasteiger partial charge in [0.05, 0.1) is 40.8 Å². The number of thioether (sulfide) groups is 1. The van der Waals surface area contributed by atoms with Crippen molar-refractivity contribution in [1.82, 2.24) is 4.90 Å². The van der Waals surface area contributed by atoms with E-state index in [1.807, 2.05) is 0 Å². The summed E-state index contributed by atoms with van der Waals surface area (Å²) in [7, 11) is 1.48. The highest BCUT2D eigenvalue weighted by Crippen LogP contribution is 2.46. The van der Waals surface area contributed by atoms with Crippen molar-refractivity contribution in [1.29, 1.82) is 5.26 Å². The van der Waals surface area contributed by atoms with E-state index in [-0.39, 0.29) is 24.0 Å². The molecule has 0 saturated carbocycles. The third-order valence-electron chi connectivity index (χ3n) is 6.09. The Morgan fingerprint density at radius 1 is 1.30 bits per heavy atom. The molecule has 1 atom stereocenters. The molecule has 172 valence electrons. The molecule has 6 nitrogen and oxygen atoms in total. The fourth-order valence-electron chi connectivity index (χ4n) is 4.22. The highest BCUT2D eigenvalue weighted by atomic mass is 79.9. The molecule has 1 fully saturated rings. The van der Waals surface area contributed by atoms with Crippen molar-refractivity contribution in [3.8, 4) is 17.6 Å². The van der Waals surface area contributed by atoms with Crippen LogP contribution >= 0.6 is 27.7 Å². The van der Waals surface area contributed by atoms with Crippen molar-refractivity contribution in [2.45, 2.75) is 38.5 Å². The molecule has 1 saturated heterocycles. The van der Waals surface area contributed by atoms with Gasteiger partial charge in [0.2, 0.25) is 5.91 Å². The molecule has 8 heteroatoms. The quantitative estimate of drug-likeness (QED) is 0.517. The summed E-state index contributed by atoms with van der Waals surface area (Å²) in [5.41, 5.74) is 3.74. The number of halogens is 1. The smallest absolute Gasteiger partial charge is 0.229 e. The van der Waals surface area contributed by atoms with Gasteiger partial charge in [-0.15, -0.1) is 0 Å². The standard InChI is InChI=1S/C25H26BrN3O3S/c1-3-4-5-16-6-8-18(9-7-16)28-14-29-23(30)12-19(20(13-27)25(29)33-15-28)17-10-21(26)24(31)22(11-17)32-2/h6-11,19,31H,3-5,12,14-15H2,1-2H3/t19-/m0/s1. The van der Waals surface area contributed by atoms with Gasteiger partial charge in [-0.05, 0) is 64.2 Å². The first-order valence-corrected chi connectivity index (χ1v) is 12.7. The van der Waals surface area contributed by atoms with Crippen molar-refractivity contribution >= 4 is 39.3 Å². The first kappa shape index (κ1) is 23.5. The SMILES string of the molecule is CCCCc1ccc(N2CSC3=C(C#N)[C@H](c4cc(Br)c(O)c(OC)c4)CC(=O)N3C2)cc1. The van der Waals surface area contributed by atoms with Crippen LogP contribution < -0.4 is 9.64 Å². The summed E-state index contributed by atoms with van der Waals surface area (Å²) in [6.07, 6.45) is 3.62. The fraction of sp³-hybridized carbons (Fsp3) is 0.360. The van der Waals surface area contributed by atoms with Crippen molar-refractivity contribution in [2.75, 3.05) is 24.6 Å². The number of benzene rings is 2. The zero-order valence-electron chi connectivity index (χ0n) is 18.7. The number of nitriles is 1. The molecular weight excluding hydrogens is 502 g/mol. The van der Waals surface area contributed by atoms with Gasteiger partial charge in [0.15, 0.2) is 11.5 Å². The molecule has 0 unspecified atom stereocenters. The van der Waals surface area contributed by atoms with Gasteiger partial charge in [-0.3, -0.25) is 9.69 Å². The molecule has 33 heavy (non-hydrogen) atoms. The summed E-state index contributed by atoms with van der Waals surface area (Å²) in [5, 5.41) is 20.9. The zero-order chi connectivity index (χ0) is 23.5. The number of rotatable bonds is 6. The van der Waals surface area contributed by atoms with Gasteiger partial charge in [0, 0.05) is 18.0 Å². The second-order valence-electron chi connectivity index (χ2n) is 8.19. The van der Waals surface area contributed by atoms with Crippen LogP contribution in [0.1, 0.15) is 43.2 Å². The maximum Gasteiger partial charge on any atom is 0.229 e. The lowest BCUT2D eigenvalue weighted by atomic mass is 9.86. The maximum absolute atomic E-state index is 13.2. The largest absolute Gasteiger partial charge is 0.503 e. The van der Waals surface area contributed by atoms with E-state index in [0.29, 0.717) is 28.3 Å². The Bertz CT molecular complexity index is 1130. The number of fused-ring (bicyclic) bond motifs is 1. The molecule has 2 aromatic carbocycles. The van der Waals surface area contributed by atoms with E-state index in [0.717, 1.165) is 22.7 Å². The molecule has 0 bridgehead atoms. The normalized spacial score (nSPS) is 18.2. The lowest BCUT2D eigenvalue weighted by Gasteiger charge is -2.42. The van der Waals surface area contributed by atoms with Crippen molar-refractivity contribution < 1.29 is 14.6 Å². The first-order chi connectivity index (χ1) is 16.0. The van der Waals surface area contributed by atoms with Crippen molar-refractivity contribution in [2.24, 2.45) is 0 Å². The number of methoxy groups -OCH3 is 1. The monoisotopic (exact) mass is 527 g/mol. The third kappa shape index (κ3) is 4.71. The van der Waals surface area contributed by atoms with Crippen LogP contribution in [0.2, 0.25) is 0 Å². The number of phenols is 1. The second-order valence-corrected chi connectivity index (χ2v) is 9.98. The number of hydrogen-bond donors (Lipinski definition) is 1. The number of nitrogens with zero attached hydrogens (tertiary/aromatic N) is 3. The minimum atomic E-state index is -0.378. The molecule has 2 aliphatic rings. The lowest BCUT2D eigenvalue weighted by molar-refractivity contribution is -0.129. The lowest BCUT2D eigenvalue weighted by Crippen LogP contribution is -2.47. The van der Waals surface area contributed by atoms with Gasteiger partial charge in [0.1, 0.15) is 0 Å². The van der Waals surface area contributed by atoms with Crippen LogP contribution in [0, 0.1) is 11.3 Å². The minimum absolute atomic E-state index is 0.000399. The molecular formula is C25H26BrN3O3S. The van der Waals surface area contributed by atoms with Gasteiger partial charge in [-0.1, -0.05) is 37.2 Å². The van der Waals surface area contributed by atoms with Crippen LogP contribution in [-0.4, -0.2) is 35.6 Å². The molecule has 0 spiro atoms. The van der Waals surface area contributed by atoms with Crippen LogP contribution in [0.15, 0.2) is 51.5 Å². The van der Waals surface area contributed by atoms with E-state index in [9.17, 15) is 15.2 Å². The van der Waals surface area contributed by atoms with Gasteiger partial charge in [-0.2, -0.15) is 5.26 Å². The van der Waals surface area contributed by atoms with Gasteiger partial charge in [-0.25, -0.2) is 0 Å². The van der Waals surface area contributed by atoms with Crippen LogP contribution in [-0.2, 0) is 11.2 Å². The molecule has 4 rings (SSSR count). The zero-order valence-corrected chi connectivity index (χ0v) is 21.1. The summed E-state index contributed by atoms with van der Waals surface area (Å²) in [6, 6.07) is 14.4. The van der Waals surface area contributed by atoms with Gasteiger partial charge in [0.25, 0.3) is 0 Å². The molecule has 2 heterocycles. The highest BCUT2D eigenvalue weighted by Gasteiger charge is 2.38. The number of ether oxygens (including phenoxy) is 1. The number of unbranched alkanes of at least 4 members (excludes halogenated alkanes) is 1. The number of aromatic hydroxyl groups is 1. The number of allylic oxidation sites excluding steroid dienone is 1. The summed E-state index contributed by atoms with van der Waals surface area (Å²) in [5.74, 6) is 0.569. The predicted molar refractivity (Wildman–Crippen MR) is 134 cm³/mol. The Morgan fingerprint density at radius 3 is 2.73 bits per heavy atom. The highest BCUT2D eigenvalue weighted by molar-refractivity contribution is 9.10. The Balaban J connectivity index is 1.60. The van der Waals surface area contributed by atoms with Crippen LogP contribution in [0.3, 0.4) is 0 Å². The Hall–Kier alpha value is -2.63.